The van der Waals surface area contributed by atoms with E-state index < -0.39 is 17.2 Å². The first-order valence-corrected chi connectivity index (χ1v) is 7.95. The molecule has 0 bridgehead atoms. The van der Waals surface area contributed by atoms with Gasteiger partial charge >= 0.3 is 5.97 Å². The number of carboxylic acids is 1. The Morgan fingerprint density at radius 1 is 1.33 bits per heavy atom. The molecule has 1 N–H and O–H groups in total. The van der Waals surface area contributed by atoms with Crippen LogP contribution in [0.2, 0.25) is 0 Å². The van der Waals surface area contributed by atoms with Crippen molar-refractivity contribution in [2.75, 3.05) is 31.2 Å². The molecule has 0 amide bonds. The maximum atomic E-state index is 14.6. The van der Waals surface area contributed by atoms with E-state index in [0.717, 1.165) is 12.5 Å². The Labute approximate surface area is 138 Å². The third kappa shape index (κ3) is 2.87. The van der Waals surface area contributed by atoms with Gasteiger partial charge in [0.1, 0.15) is 11.4 Å². The monoisotopic (exact) mass is 334 g/mol. The molecule has 2 heterocycles. The summed E-state index contributed by atoms with van der Waals surface area (Å²) in [5.41, 5.74) is -0.0281. The minimum absolute atomic E-state index is 0.0952. The van der Waals surface area contributed by atoms with Gasteiger partial charge in [-0.1, -0.05) is 6.92 Å². The zero-order valence-corrected chi connectivity index (χ0v) is 13.4. The average molecular weight is 334 g/mol. The van der Waals surface area contributed by atoms with Gasteiger partial charge < -0.3 is 19.3 Å². The topological polar surface area (TPSA) is 71.8 Å². The van der Waals surface area contributed by atoms with Gasteiger partial charge in [-0.2, -0.15) is 0 Å². The van der Waals surface area contributed by atoms with Crippen LogP contribution in [0, 0.1) is 5.82 Å². The summed E-state index contributed by atoms with van der Waals surface area (Å²) < 4.78 is 21.6. The fraction of sp³-hybridized carbons (Fsp3) is 0.412. The number of hydrogen-bond acceptors (Lipinski definition) is 4. The van der Waals surface area contributed by atoms with E-state index in [1.54, 1.807) is 10.6 Å². The maximum Gasteiger partial charge on any atom is 0.341 e. The number of fused-ring (bicyclic) bond motifs is 1. The van der Waals surface area contributed by atoms with Crippen LogP contribution < -0.4 is 10.3 Å². The molecule has 0 spiro atoms. The van der Waals surface area contributed by atoms with Gasteiger partial charge in [0.15, 0.2) is 0 Å². The number of halogens is 1. The van der Waals surface area contributed by atoms with Crippen LogP contribution in [-0.4, -0.2) is 41.9 Å². The third-order valence-electron chi connectivity index (χ3n) is 4.20. The summed E-state index contributed by atoms with van der Waals surface area (Å²) in [6, 6.07) is 2.79. The number of anilines is 1. The molecule has 6 nitrogen and oxygen atoms in total. The summed E-state index contributed by atoms with van der Waals surface area (Å²) in [7, 11) is 0. The largest absolute Gasteiger partial charge is 0.477 e. The molecule has 0 atom stereocenters. The zero-order valence-electron chi connectivity index (χ0n) is 13.4. The van der Waals surface area contributed by atoms with Crippen LogP contribution >= 0.6 is 0 Å². The second-order valence-electron chi connectivity index (χ2n) is 5.79. The quantitative estimate of drug-likeness (QED) is 0.927. The molecular weight excluding hydrogens is 315 g/mol. The highest BCUT2D eigenvalue weighted by atomic mass is 19.1. The Bertz CT molecular complexity index is 841. The molecule has 3 rings (SSSR count). The second kappa shape index (κ2) is 6.60. The van der Waals surface area contributed by atoms with Crippen molar-refractivity contribution in [2.45, 2.75) is 19.9 Å². The van der Waals surface area contributed by atoms with Crippen molar-refractivity contribution in [1.82, 2.24) is 4.57 Å². The standard InChI is InChI=1S/C17H19FN2O4/c1-2-3-20-10-12(17(22)23)16(21)11-8-13(18)15(9-14(11)20)19-4-6-24-7-5-19/h8-10H,2-7H2,1H3,(H,22,23). The number of ether oxygens (including phenoxy) is 1. The molecule has 0 aliphatic carbocycles. The number of benzene rings is 1. The summed E-state index contributed by atoms with van der Waals surface area (Å²) in [6.07, 6.45) is 2.11. The van der Waals surface area contributed by atoms with E-state index in [1.165, 1.54) is 6.20 Å². The molecule has 128 valence electrons. The van der Waals surface area contributed by atoms with Crippen LogP contribution in [-0.2, 0) is 11.3 Å². The number of aromatic carboxylic acids is 1. The van der Waals surface area contributed by atoms with E-state index >= 15 is 0 Å². The Morgan fingerprint density at radius 2 is 2.04 bits per heavy atom. The molecule has 24 heavy (non-hydrogen) atoms. The van der Waals surface area contributed by atoms with Crippen LogP contribution in [0.15, 0.2) is 23.1 Å². The SMILES string of the molecule is CCCn1cc(C(=O)O)c(=O)c2cc(F)c(N3CCOCC3)cc21. The molecule has 1 aromatic carbocycles. The number of carboxylic acid groups (broad SMARTS) is 1. The highest BCUT2D eigenvalue weighted by Gasteiger charge is 2.20. The van der Waals surface area contributed by atoms with Gasteiger partial charge in [-0.05, 0) is 18.6 Å². The number of aryl methyl sites for hydroxylation is 1. The van der Waals surface area contributed by atoms with Crippen molar-refractivity contribution < 1.29 is 19.0 Å². The molecule has 1 aliphatic heterocycles. The van der Waals surface area contributed by atoms with E-state index in [4.69, 9.17) is 4.74 Å². The van der Waals surface area contributed by atoms with Crippen molar-refractivity contribution in [3.63, 3.8) is 0 Å². The number of nitrogens with zero attached hydrogens (tertiary/aromatic N) is 2. The first-order valence-electron chi connectivity index (χ1n) is 7.95. The lowest BCUT2D eigenvalue weighted by molar-refractivity contribution is 0.0694. The lowest BCUT2D eigenvalue weighted by atomic mass is 10.1. The van der Waals surface area contributed by atoms with Crippen molar-refractivity contribution in [1.29, 1.82) is 0 Å². The Morgan fingerprint density at radius 3 is 2.67 bits per heavy atom. The normalized spacial score (nSPS) is 15.0. The lowest BCUT2D eigenvalue weighted by Gasteiger charge is -2.29. The molecule has 0 radical (unpaired) electrons. The smallest absolute Gasteiger partial charge is 0.341 e. The van der Waals surface area contributed by atoms with E-state index in [9.17, 15) is 19.1 Å². The van der Waals surface area contributed by atoms with Crippen molar-refractivity contribution >= 4 is 22.6 Å². The molecule has 1 saturated heterocycles. The third-order valence-corrected chi connectivity index (χ3v) is 4.20. The Kier molecular flexibility index (Phi) is 4.53. The van der Waals surface area contributed by atoms with Gasteiger partial charge in [0, 0.05) is 31.2 Å². The fourth-order valence-corrected chi connectivity index (χ4v) is 3.02. The van der Waals surface area contributed by atoms with Gasteiger partial charge in [0.05, 0.1) is 24.4 Å². The van der Waals surface area contributed by atoms with Gasteiger partial charge in [0.25, 0.3) is 0 Å². The number of rotatable bonds is 4. The number of morpholine rings is 1. The molecule has 1 aliphatic rings. The lowest BCUT2D eigenvalue weighted by Crippen LogP contribution is -2.36. The number of hydrogen-bond donors (Lipinski definition) is 1. The van der Waals surface area contributed by atoms with Crippen LogP contribution in [0.25, 0.3) is 10.9 Å². The molecule has 0 saturated carbocycles. The summed E-state index contributed by atoms with van der Waals surface area (Å²) in [6.45, 7) is 4.71. The minimum Gasteiger partial charge on any atom is -0.477 e. The molecule has 2 aromatic rings. The summed E-state index contributed by atoms with van der Waals surface area (Å²) in [5, 5.41) is 9.31. The predicted octanol–water partition coefficient (Wildman–Crippen LogP) is 2.09. The van der Waals surface area contributed by atoms with Crippen LogP contribution in [0.3, 0.4) is 0 Å². The highest BCUT2D eigenvalue weighted by molar-refractivity contribution is 5.93. The first kappa shape index (κ1) is 16.4. The van der Waals surface area contributed by atoms with Gasteiger partial charge in [-0.25, -0.2) is 9.18 Å². The summed E-state index contributed by atoms with van der Waals surface area (Å²) >= 11 is 0. The molecule has 0 unspecified atom stereocenters. The number of pyridine rings is 1. The van der Waals surface area contributed by atoms with E-state index in [0.29, 0.717) is 44.1 Å². The zero-order chi connectivity index (χ0) is 17.3. The average Bonchev–Trinajstić information content (AvgIpc) is 2.57. The van der Waals surface area contributed by atoms with Gasteiger partial charge in [-0.3, -0.25) is 4.79 Å². The maximum absolute atomic E-state index is 14.6. The van der Waals surface area contributed by atoms with Gasteiger partial charge in [-0.15, -0.1) is 0 Å². The fourth-order valence-electron chi connectivity index (χ4n) is 3.02. The van der Waals surface area contributed by atoms with Crippen molar-refractivity contribution in [2.24, 2.45) is 0 Å². The van der Waals surface area contributed by atoms with Crippen LogP contribution in [0.1, 0.15) is 23.7 Å². The predicted molar refractivity (Wildman–Crippen MR) is 88.4 cm³/mol. The van der Waals surface area contributed by atoms with E-state index in [-0.39, 0.29) is 10.9 Å². The summed E-state index contributed by atoms with van der Waals surface area (Å²) in [4.78, 5) is 25.5. The summed E-state index contributed by atoms with van der Waals surface area (Å²) in [5.74, 6) is -1.82. The van der Waals surface area contributed by atoms with Crippen LogP contribution in [0.5, 0.6) is 0 Å². The molecule has 1 aromatic heterocycles. The minimum atomic E-state index is -1.30. The van der Waals surface area contributed by atoms with E-state index in [2.05, 4.69) is 0 Å². The molecular formula is C17H19FN2O4. The molecule has 1 fully saturated rings. The number of aromatic nitrogens is 1. The van der Waals surface area contributed by atoms with Crippen LogP contribution in [0.4, 0.5) is 10.1 Å². The first-order chi connectivity index (χ1) is 11.5. The Balaban J connectivity index is 2.24. The van der Waals surface area contributed by atoms with E-state index in [1.807, 2.05) is 11.8 Å². The molecule has 7 heteroatoms. The Hall–Kier alpha value is -2.41. The highest BCUT2D eigenvalue weighted by Crippen LogP contribution is 2.26. The van der Waals surface area contributed by atoms with Crippen molar-refractivity contribution in [3.8, 4) is 0 Å². The van der Waals surface area contributed by atoms with Crippen molar-refractivity contribution in [3.05, 3.63) is 39.9 Å². The van der Waals surface area contributed by atoms with Gasteiger partial charge in [0.2, 0.25) is 5.43 Å². The second-order valence-corrected chi connectivity index (χ2v) is 5.79. The number of carbonyl (C=O) groups is 1.